The lowest BCUT2D eigenvalue weighted by molar-refractivity contribution is 0.413. The standard InChI is InChI=1S/C17H19BrClNO/c1-3-20-17(14-6-4-5-7-16(14)19)11-12-10-13(21-2)8-9-15(12)18/h4-10,17,20H,3,11H2,1-2H3. The zero-order valence-electron chi connectivity index (χ0n) is 12.2. The first-order chi connectivity index (χ1) is 10.2. The van der Waals surface area contributed by atoms with Crippen LogP contribution in [0, 0.1) is 0 Å². The zero-order chi connectivity index (χ0) is 15.2. The SMILES string of the molecule is CCNC(Cc1cc(OC)ccc1Br)c1ccccc1Cl. The van der Waals surface area contributed by atoms with Crippen LogP contribution >= 0.6 is 27.5 Å². The Kier molecular flexibility index (Phi) is 6.09. The van der Waals surface area contributed by atoms with Gasteiger partial charge in [-0.1, -0.05) is 52.7 Å². The summed E-state index contributed by atoms with van der Waals surface area (Å²) in [7, 11) is 1.68. The van der Waals surface area contributed by atoms with Crippen molar-refractivity contribution < 1.29 is 4.74 Å². The molecule has 4 heteroatoms. The molecular weight excluding hydrogens is 350 g/mol. The molecule has 0 aliphatic rings. The average Bonchev–Trinajstić information content (AvgIpc) is 2.49. The van der Waals surface area contributed by atoms with Crippen LogP contribution in [0.2, 0.25) is 5.02 Å². The maximum absolute atomic E-state index is 6.34. The van der Waals surface area contributed by atoms with E-state index < -0.39 is 0 Å². The zero-order valence-corrected chi connectivity index (χ0v) is 14.5. The second-order valence-electron chi connectivity index (χ2n) is 4.79. The number of benzene rings is 2. The maximum atomic E-state index is 6.34. The Bertz CT molecular complexity index is 603. The first-order valence-electron chi connectivity index (χ1n) is 6.96. The summed E-state index contributed by atoms with van der Waals surface area (Å²) in [6.45, 7) is 2.99. The van der Waals surface area contributed by atoms with Crippen LogP contribution < -0.4 is 10.1 Å². The van der Waals surface area contributed by atoms with Gasteiger partial charge in [-0.05, 0) is 48.4 Å². The molecule has 0 radical (unpaired) electrons. The van der Waals surface area contributed by atoms with Crippen LogP contribution in [0.15, 0.2) is 46.9 Å². The molecule has 1 atom stereocenters. The molecule has 0 fully saturated rings. The van der Waals surface area contributed by atoms with E-state index in [1.807, 2.05) is 30.3 Å². The number of ether oxygens (including phenoxy) is 1. The number of methoxy groups -OCH3 is 1. The molecule has 2 aromatic carbocycles. The highest BCUT2D eigenvalue weighted by atomic mass is 79.9. The summed E-state index contributed by atoms with van der Waals surface area (Å²) in [5, 5.41) is 4.30. The van der Waals surface area contributed by atoms with Crippen molar-refractivity contribution in [1.29, 1.82) is 0 Å². The van der Waals surface area contributed by atoms with Gasteiger partial charge in [-0.3, -0.25) is 0 Å². The molecule has 2 rings (SSSR count). The van der Waals surface area contributed by atoms with Gasteiger partial charge in [0, 0.05) is 15.5 Å². The molecule has 0 heterocycles. The summed E-state index contributed by atoms with van der Waals surface area (Å²) in [4.78, 5) is 0. The van der Waals surface area contributed by atoms with Crippen molar-refractivity contribution in [3.63, 3.8) is 0 Å². The third-order valence-electron chi connectivity index (χ3n) is 3.41. The molecule has 0 aliphatic heterocycles. The fourth-order valence-corrected chi connectivity index (χ4v) is 3.03. The van der Waals surface area contributed by atoms with Crippen molar-refractivity contribution in [2.24, 2.45) is 0 Å². The summed E-state index contributed by atoms with van der Waals surface area (Å²) < 4.78 is 6.40. The Morgan fingerprint density at radius 1 is 1.24 bits per heavy atom. The van der Waals surface area contributed by atoms with Crippen LogP contribution in [0.5, 0.6) is 5.75 Å². The first kappa shape index (κ1) is 16.3. The molecule has 0 saturated heterocycles. The molecule has 21 heavy (non-hydrogen) atoms. The summed E-state index contributed by atoms with van der Waals surface area (Å²) >= 11 is 9.96. The smallest absolute Gasteiger partial charge is 0.119 e. The Balaban J connectivity index is 2.30. The fraction of sp³-hybridized carbons (Fsp3) is 0.294. The van der Waals surface area contributed by atoms with Crippen molar-refractivity contribution in [1.82, 2.24) is 5.32 Å². The Morgan fingerprint density at radius 3 is 2.67 bits per heavy atom. The average molecular weight is 369 g/mol. The fourth-order valence-electron chi connectivity index (χ4n) is 2.35. The first-order valence-corrected chi connectivity index (χ1v) is 8.13. The highest BCUT2D eigenvalue weighted by Gasteiger charge is 2.16. The summed E-state index contributed by atoms with van der Waals surface area (Å²) in [6.07, 6.45) is 0.843. The van der Waals surface area contributed by atoms with E-state index in [4.69, 9.17) is 16.3 Å². The van der Waals surface area contributed by atoms with Gasteiger partial charge in [-0.2, -0.15) is 0 Å². The minimum Gasteiger partial charge on any atom is -0.497 e. The van der Waals surface area contributed by atoms with Gasteiger partial charge in [0.2, 0.25) is 0 Å². The lowest BCUT2D eigenvalue weighted by atomic mass is 9.98. The van der Waals surface area contributed by atoms with Gasteiger partial charge in [0.15, 0.2) is 0 Å². The topological polar surface area (TPSA) is 21.3 Å². The van der Waals surface area contributed by atoms with E-state index in [9.17, 15) is 0 Å². The summed E-state index contributed by atoms with van der Waals surface area (Å²) in [5.41, 5.74) is 2.32. The third-order valence-corrected chi connectivity index (χ3v) is 4.53. The number of hydrogen-bond donors (Lipinski definition) is 1. The van der Waals surface area contributed by atoms with Crippen LogP contribution in [-0.2, 0) is 6.42 Å². The number of nitrogens with one attached hydrogen (secondary N) is 1. The van der Waals surface area contributed by atoms with Gasteiger partial charge in [0.1, 0.15) is 5.75 Å². The maximum Gasteiger partial charge on any atom is 0.119 e. The van der Waals surface area contributed by atoms with Crippen LogP contribution in [0.3, 0.4) is 0 Å². The third kappa shape index (κ3) is 4.22. The molecule has 0 aromatic heterocycles. The molecule has 1 unspecified atom stereocenters. The van der Waals surface area contributed by atoms with Crippen molar-refractivity contribution in [2.45, 2.75) is 19.4 Å². The number of likely N-dealkylation sites (N-methyl/N-ethyl adjacent to an activating group) is 1. The van der Waals surface area contributed by atoms with Gasteiger partial charge < -0.3 is 10.1 Å². The molecule has 112 valence electrons. The monoisotopic (exact) mass is 367 g/mol. The molecule has 1 N–H and O–H groups in total. The second kappa shape index (κ2) is 7.83. The van der Waals surface area contributed by atoms with Crippen LogP contribution in [0.4, 0.5) is 0 Å². The molecule has 2 aromatic rings. The van der Waals surface area contributed by atoms with E-state index in [1.165, 1.54) is 5.56 Å². The van der Waals surface area contributed by atoms with E-state index in [2.05, 4.69) is 40.3 Å². The number of hydrogen-bond acceptors (Lipinski definition) is 2. The van der Waals surface area contributed by atoms with Crippen molar-refractivity contribution >= 4 is 27.5 Å². The van der Waals surface area contributed by atoms with Crippen LogP contribution in [0.1, 0.15) is 24.1 Å². The van der Waals surface area contributed by atoms with Crippen LogP contribution in [0.25, 0.3) is 0 Å². The minimum atomic E-state index is 0.173. The minimum absolute atomic E-state index is 0.173. The molecule has 2 nitrogen and oxygen atoms in total. The van der Waals surface area contributed by atoms with E-state index in [1.54, 1.807) is 7.11 Å². The van der Waals surface area contributed by atoms with Gasteiger partial charge >= 0.3 is 0 Å². The van der Waals surface area contributed by atoms with Crippen molar-refractivity contribution in [3.8, 4) is 5.75 Å². The quantitative estimate of drug-likeness (QED) is 0.774. The summed E-state index contributed by atoms with van der Waals surface area (Å²) in [5.74, 6) is 0.864. The van der Waals surface area contributed by atoms with Crippen LogP contribution in [-0.4, -0.2) is 13.7 Å². The predicted molar refractivity (Wildman–Crippen MR) is 92.3 cm³/mol. The van der Waals surface area contributed by atoms with E-state index in [0.717, 1.165) is 33.8 Å². The molecule has 0 aliphatic carbocycles. The Morgan fingerprint density at radius 2 is 2.00 bits per heavy atom. The molecule has 0 spiro atoms. The highest BCUT2D eigenvalue weighted by molar-refractivity contribution is 9.10. The van der Waals surface area contributed by atoms with E-state index >= 15 is 0 Å². The Labute approximate surface area is 139 Å². The van der Waals surface area contributed by atoms with Crippen molar-refractivity contribution in [3.05, 3.63) is 63.1 Å². The highest BCUT2D eigenvalue weighted by Crippen LogP contribution is 2.30. The van der Waals surface area contributed by atoms with Crippen molar-refractivity contribution in [2.75, 3.05) is 13.7 Å². The second-order valence-corrected chi connectivity index (χ2v) is 6.05. The van der Waals surface area contributed by atoms with Gasteiger partial charge in [-0.25, -0.2) is 0 Å². The number of halogens is 2. The summed E-state index contributed by atoms with van der Waals surface area (Å²) in [6, 6.07) is 14.2. The lowest BCUT2D eigenvalue weighted by Crippen LogP contribution is -2.23. The van der Waals surface area contributed by atoms with E-state index in [0.29, 0.717) is 0 Å². The molecule has 0 saturated carbocycles. The molecular formula is C17H19BrClNO. The van der Waals surface area contributed by atoms with Gasteiger partial charge in [0.25, 0.3) is 0 Å². The number of rotatable bonds is 6. The molecule has 0 amide bonds. The molecule has 0 bridgehead atoms. The normalized spacial score (nSPS) is 12.2. The Hall–Kier alpha value is -1.03. The van der Waals surface area contributed by atoms with E-state index in [-0.39, 0.29) is 6.04 Å². The lowest BCUT2D eigenvalue weighted by Gasteiger charge is -2.20. The predicted octanol–water partition coefficient (Wildman–Crippen LogP) is 5.00. The van der Waals surface area contributed by atoms with Gasteiger partial charge in [-0.15, -0.1) is 0 Å². The largest absolute Gasteiger partial charge is 0.497 e. The van der Waals surface area contributed by atoms with Gasteiger partial charge in [0.05, 0.1) is 7.11 Å².